The molecule has 2 saturated heterocycles. The Morgan fingerprint density at radius 2 is 2.05 bits per heavy atom. The summed E-state index contributed by atoms with van der Waals surface area (Å²) in [5.74, 6) is 0.311. The lowest BCUT2D eigenvalue weighted by atomic mass is 10.0. The Labute approximate surface area is 127 Å². The van der Waals surface area contributed by atoms with E-state index in [1.165, 1.54) is 18.4 Å². The highest BCUT2D eigenvalue weighted by molar-refractivity contribution is 5.75. The average Bonchev–Trinajstić information content (AvgIpc) is 3.06. The first-order chi connectivity index (χ1) is 10.3. The van der Waals surface area contributed by atoms with Gasteiger partial charge in [-0.25, -0.2) is 0 Å². The lowest BCUT2D eigenvalue weighted by Crippen LogP contribution is -2.34. The largest absolute Gasteiger partial charge is 0.361 e. The summed E-state index contributed by atoms with van der Waals surface area (Å²) < 4.78 is 5.99. The maximum Gasteiger partial charge on any atom is 0.129 e. The third-order valence-corrected chi connectivity index (χ3v) is 4.81. The summed E-state index contributed by atoms with van der Waals surface area (Å²) in [4.78, 5) is 13.6. The molecular weight excluding hydrogens is 262 g/mol. The summed E-state index contributed by atoms with van der Waals surface area (Å²) in [6.45, 7) is 2.50. The Balaban J connectivity index is 1.60. The number of carbonyl (C=O) groups excluding carboxylic acids is 1. The number of Topliss-reactive ketones (excluding diaryl/α,β-unsaturated/α-hetero) is 1. The fourth-order valence-electron chi connectivity index (χ4n) is 3.77. The van der Waals surface area contributed by atoms with Crippen LogP contribution in [-0.4, -0.2) is 29.6 Å². The van der Waals surface area contributed by atoms with Gasteiger partial charge in [0.2, 0.25) is 0 Å². The van der Waals surface area contributed by atoms with Gasteiger partial charge >= 0.3 is 0 Å². The highest BCUT2D eigenvalue weighted by atomic mass is 16.5. The Bertz CT molecular complexity index is 473. The van der Waals surface area contributed by atoms with Crippen molar-refractivity contribution in [1.82, 2.24) is 4.90 Å². The second-order valence-electron chi connectivity index (χ2n) is 6.34. The minimum absolute atomic E-state index is 0.311. The number of ketones is 1. The van der Waals surface area contributed by atoms with Gasteiger partial charge in [0.05, 0.1) is 12.6 Å². The summed E-state index contributed by atoms with van der Waals surface area (Å²) in [7, 11) is 0. The first kappa shape index (κ1) is 14.7. The zero-order chi connectivity index (χ0) is 14.7. The Kier molecular flexibility index (Phi) is 4.71. The molecule has 0 amide bonds. The van der Waals surface area contributed by atoms with E-state index in [4.69, 9.17) is 4.74 Å². The van der Waals surface area contributed by atoms with Gasteiger partial charge in [0, 0.05) is 12.5 Å². The van der Waals surface area contributed by atoms with Crippen molar-refractivity contribution in [3.8, 4) is 0 Å². The van der Waals surface area contributed by atoms with Crippen molar-refractivity contribution in [3.05, 3.63) is 35.9 Å². The molecule has 114 valence electrons. The fraction of sp³-hybridized carbons (Fsp3) is 0.611. The molecule has 0 radical (unpaired) electrons. The average molecular weight is 287 g/mol. The van der Waals surface area contributed by atoms with Crippen molar-refractivity contribution in [2.45, 2.75) is 63.8 Å². The van der Waals surface area contributed by atoms with Gasteiger partial charge in [-0.05, 0) is 38.2 Å². The Morgan fingerprint density at radius 3 is 2.81 bits per heavy atom. The van der Waals surface area contributed by atoms with Gasteiger partial charge < -0.3 is 9.53 Å². The standard InChI is InChI=1S/C18H25NO2/c1-14(20)7-5-6-10-16-11-12-18-19(16)17(13-21-18)15-8-3-2-4-9-15/h2-4,8-9,16-18H,5-7,10-13H2,1H3/t16-,17-,18-/m0/s1. The molecule has 3 heteroatoms. The van der Waals surface area contributed by atoms with E-state index in [-0.39, 0.29) is 0 Å². The molecule has 0 spiro atoms. The van der Waals surface area contributed by atoms with Crippen LogP contribution >= 0.6 is 0 Å². The molecule has 2 heterocycles. The third kappa shape index (κ3) is 3.35. The summed E-state index contributed by atoms with van der Waals surface area (Å²) in [5.41, 5.74) is 1.37. The van der Waals surface area contributed by atoms with Crippen LogP contribution in [0.25, 0.3) is 0 Å². The van der Waals surface area contributed by atoms with Crippen molar-refractivity contribution in [3.63, 3.8) is 0 Å². The SMILES string of the molecule is CC(=O)CCCC[C@H]1CC[C@@H]2OC[C@@H](c3ccccc3)N12. The van der Waals surface area contributed by atoms with Crippen LogP contribution in [0.4, 0.5) is 0 Å². The first-order valence-electron chi connectivity index (χ1n) is 8.19. The number of fused-ring (bicyclic) bond motifs is 1. The monoisotopic (exact) mass is 287 g/mol. The molecule has 0 unspecified atom stereocenters. The molecule has 21 heavy (non-hydrogen) atoms. The van der Waals surface area contributed by atoms with Gasteiger partial charge in [0.25, 0.3) is 0 Å². The predicted molar refractivity (Wildman–Crippen MR) is 82.9 cm³/mol. The quantitative estimate of drug-likeness (QED) is 0.747. The topological polar surface area (TPSA) is 29.5 Å². The first-order valence-corrected chi connectivity index (χ1v) is 8.19. The Morgan fingerprint density at radius 1 is 1.24 bits per heavy atom. The predicted octanol–water partition coefficient (Wildman–Crippen LogP) is 3.70. The molecule has 2 fully saturated rings. The van der Waals surface area contributed by atoms with Gasteiger partial charge in [-0.3, -0.25) is 4.90 Å². The van der Waals surface area contributed by atoms with Crippen molar-refractivity contribution in [2.75, 3.05) is 6.61 Å². The highest BCUT2D eigenvalue weighted by Crippen LogP contribution is 2.41. The molecule has 0 aromatic heterocycles. The van der Waals surface area contributed by atoms with Gasteiger partial charge in [-0.15, -0.1) is 0 Å². The van der Waals surface area contributed by atoms with Crippen LogP contribution in [-0.2, 0) is 9.53 Å². The Hall–Kier alpha value is -1.19. The number of ether oxygens (including phenoxy) is 1. The maximum atomic E-state index is 11.0. The molecule has 0 N–H and O–H groups in total. The number of nitrogens with zero attached hydrogens (tertiary/aromatic N) is 1. The zero-order valence-corrected chi connectivity index (χ0v) is 12.8. The van der Waals surface area contributed by atoms with Crippen molar-refractivity contribution >= 4 is 5.78 Å². The summed E-state index contributed by atoms with van der Waals surface area (Å²) in [6, 6.07) is 11.7. The maximum absolute atomic E-state index is 11.0. The van der Waals surface area contributed by atoms with E-state index < -0.39 is 0 Å². The van der Waals surface area contributed by atoms with Crippen LogP contribution in [0.5, 0.6) is 0 Å². The molecule has 3 atom stereocenters. The molecule has 1 aromatic rings. The molecule has 0 bridgehead atoms. The lowest BCUT2D eigenvalue weighted by Gasteiger charge is -2.29. The number of benzene rings is 1. The zero-order valence-electron chi connectivity index (χ0n) is 12.8. The van der Waals surface area contributed by atoms with E-state index in [2.05, 4.69) is 35.2 Å². The second-order valence-corrected chi connectivity index (χ2v) is 6.34. The lowest BCUT2D eigenvalue weighted by molar-refractivity contribution is -0.117. The molecule has 0 saturated carbocycles. The molecule has 1 aromatic carbocycles. The summed E-state index contributed by atoms with van der Waals surface area (Å²) in [6.07, 6.45) is 6.80. The molecule has 2 aliphatic heterocycles. The van der Waals surface area contributed by atoms with Gasteiger partial charge in [-0.1, -0.05) is 36.8 Å². The fourth-order valence-corrected chi connectivity index (χ4v) is 3.77. The van der Waals surface area contributed by atoms with Crippen LogP contribution < -0.4 is 0 Å². The molecule has 0 aliphatic carbocycles. The molecule has 2 aliphatic rings. The van der Waals surface area contributed by atoms with Gasteiger partial charge in [0.1, 0.15) is 12.0 Å². The van der Waals surface area contributed by atoms with E-state index in [0.717, 1.165) is 32.3 Å². The van der Waals surface area contributed by atoms with E-state index in [1.54, 1.807) is 6.92 Å². The molecule has 3 rings (SSSR count). The minimum Gasteiger partial charge on any atom is -0.361 e. The second kappa shape index (κ2) is 6.71. The van der Waals surface area contributed by atoms with Crippen molar-refractivity contribution in [1.29, 1.82) is 0 Å². The van der Waals surface area contributed by atoms with Crippen LogP contribution in [0.15, 0.2) is 30.3 Å². The van der Waals surface area contributed by atoms with E-state index in [0.29, 0.717) is 24.1 Å². The molecule has 3 nitrogen and oxygen atoms in total. The summed E-state index contributed by atoms with van der Waals surface area (Å²) >= 11 is 0. The number of rotatable bonds is 6. The van der Waals surface area contributed by atoms with Gasteiger partial charge in [-0.2, -0.15) is 0 Å². The molecular formula is C18H25NO2. The summed E-state index contributed by atoms with van der Waals surface area (Å²) in [5, 5.41) is 0. The number of carbonyl (C=O) groups is 1. The highest BCUT2D eigenvalue weighted by Gasteiger charge is 2.43. The van der Waals surface area contributed by atoms with Gasteiger partial charge in [0.15, 0.2) is 0 Å². The van der Waals surface area contributed by atoms with Crippen molar-refractivity contribution in [2.24, 2.45) is 0 Å². The van der Waals surface area contributed by atoms with E-state index >= 15 is 0 Å². The number of unbranched alkanes of at least 4 members (excludes halogenated alkanes) is 1. The van der Waals surface area contributed by atoms with Crippen LogP contribution in [0, 0.1) is 0 Å². The number of hydrogen-bond acceptors (Lipinski definition) is 3. The van der Waals surface area contributed by atoms with E-state index in [9.17, 15) is 4.79 Å². The third-order valence-electron chi connectivity index (χ3n) is 4.81. The van der Waals surface area contributed by atoms with E-state index in [1.807, 2.05) is 0 Å². The number of hydrogen-bond donors (Lipinski definition) is 0. The van der Waals surface area contributed by atoms with Crippen LogP contribution in [0.2, 0.25) is 0 Å². The van der Waals surface area contributed by atoms with Crippen molar-refractivity contribution < 1.29 is 9.53 Å². The smallest absolute Gasteiger partial charge is 0.129 e. The minimum atomic E-state index is 0.311. The van der Waals surface area contributed by atoms with Crippen LogP contribution in [0.1, 0.15) is 57.1 Å². The normalized spacial score (nSPS) is 28.7. The van der Waals surface area contributed by atoms with Crippen LogP contribution in [0.3, 0.4) is 0 Å².